The number of benzene rings is 5. The lowest BCUT2D eigenvalue weighted by Crippen LogP contribution is -1.94. The van der Waals surface area contributed by atoms with E-state index in [0.29, 0.717) is 5.56 Å². The maximum Gasteiger partial charge on any atom is 0.137 e. The van der Waals surface area contributed by atoms with E-state index in [1.165, 1.54) is 10.8 Å². The fraction of sp³-hybridized carbons (Fsp3) is 0. The summed E-state index contributed by atoms with van der Waals surface area (Å²) < 4.78 is 8.59. The Bertz CT molecular complexity index is 2300. The maximum atomic E-state index is 9.60. The molecule has 0 N–H and O–H groups in total. The van der Waals surface area contributed by atoms with E-state index >= 15 is 0 Å². The van der Waals surface area contributed by atoms with E-state index in [1.54, 1.807) is 18.5 Å². The van der Waals surface area contributed by atoms with Crippen LogP contribution in [0.4, 0.5) is 0 Å². The standard InChI is InChI=1S/C36H21N3O/c37-21-26-15-16-38-22-32(26)25-9-5-7-23(17-25)24-8-6-10-27(18-24)39-33-13-3-1-11-28(33)30-19-31-29-12-2-4-14-35(29)40-36(31)20-34(30)39/h1-20,22H. The van der Waals surface area contributed by atoms with Crippen LogP contribution in [0.3, 0.4) is 0 Å². The summed E-state index contributed by atoms with van der Waals surface area (Å²) >= 11 is 0. The van der Waals surface area contributed by atoms with Crippen molar-refractivity contribution in [1.29, 1.82) is 5.26 Å². The molecule has 0 saturated carbocycles. The van der Waals surface area contributed by atoms with Crippen LogP contribution >= 0.6 is 0 Å². The number of hydrogen-bond donors (Lipinski definition) is 0. The third kappa shape index (κ3) is 3.35. The molecule has 0 saturated heterocycles. The van der Waals surface area contributed by atoms with E-state index in [2.05, 4.69) is 101 Å². The van der Waals surface area contributed by atoms with Crippen LogP contribution in [-0.2, 0) is 0 Å². The second-order valence-corrected chi connectivity index (χ2v) is 9.98. The Balaban J connectivity index is 1.33. The van der Waals surface area contributed by atoms with Crippen molar-refractivity contribution < 1.29 is 4.42 Å². The number of pyridine rings is 1. The van der Waals surface area contributed by atoms with Gasteiger partial charge in [-0.05, 0) is 59.2 Å². The molecule has 8 rings (SSSR count). The Hall–Kier alpha value is -5.66. The van der Waals surface area contributed by atoms with Gasteiger partial charge < -0.3 is 8.98 Å². The molecule has 0 aliphatic heterocycles. The minimum absolute atomic E-state index is 0.614. The fourth-order valence-electron chi connectivity index (χ4n) is 5.88. The molecule has 0 bridgehead atoms. The van der Waals surface area contributed by atoms with Crippen LogP contribution in [0.25, 0.3) is 71.7 Å². The van der Waals surface area contributed by atoms with Gasteiger partial charge in [-0.25, -0.2) is 0 Å². The van der Waals surface area contributed by atoms with Crippen molar-refractivity contribution >= 4 is 43.7 Å². The molecule has 0 unspecified atom stereocenters. The van der Waals surface area contributed by atoms with Crippen LogP contribution < -0.4 is 0 Å². The zero-order valence-corrected chi connectivity index (χ0v) is 21.4. The molecule has 0 spiro atoms. The lowest BCUT2D eigenvalue weighted by atomic mass is 9.97. The molecule has 0 amide bonds. The van der Waals surface area contributed by atoms with Gasteiger partial charge in [0.05, 0.1) is 22.7 Å². The molecule has 0 aliphatic rings. The number of hydrogen-bond acceptors (Lipinski definition) is 3. The molecule has 3 heterocycles. The molecule has 0 fully saturated rings. The predicted molar refractivity (Wildman–Crippen MR) is 161 cm³/mol. The van der Waals surface area contributed by atoms with Gasteiger partial charge in [-0.3, -0.25) is 4.98 Å². The van der Waals surface area contributed by atoms with Gasteiger partial charge in [-0.15, -0.1) is 0 Å². The average Bonchev–Trinajstić information content (AvgIpc) is 3.55. The molecule has 4 nitrogen and oxygen atoms in total. The summed E-state index contributed by atoms with van der Waals surface area (Å²) in [6, 6.07) is 42.1. The Morgan fingerprint density at radius 1 is 0.600 bits per heavy atom. The van der Waals surface area contributed by atoms with E-state index in [-0.39, 0.29) is 0 Å². The fourth-order valence-corrected chi connectivity index (χ4v) is 5.88. The molecule has 0 radical (unpaired) electrons. The molecule has 40 heavy (non-hydrogen) atoms. The van der Waals surface area contributed by atoms with Gasteiger partial charge in [0.2, 0.25) is 0 Å². The summed E-state index contributed by atoms with van der Waals surface area (Å²) in [5.74, 6) is 0. The SMILES string of the molecule is N#Cc1ccncc1-c1cccc(-c2cccc(-n3c4ccccc4c4cc5c(cc43)oc3ccccc35)c2)c1. The normalized spacial score (nSPS) is 11.5. The molecular formula is C36H21N3O. The van der Waals surface area contributed by atoms with Crippen LogP contribution in [0.2, 0.25) is 0 Å². The van der Waals surface area contributed by atoms with E-state index < -0.39 is 0 Å². The summed E-state index contributed by atoms with van der Waals surface area (Å²) in [6.45, 7) is 0. The van der Waals surface area contributed by atoms with Crippen molar-refractivity contribution in [1.82, 2.24) is 9.55 Å². The minimum Gasteiger partial charge on any atom is -0.456 e. The lowest BCUT2D eigenvalue weighted by Gasteiger charge is -2.11. The van der Waals surface area contributed by atoms with Gasteiger partial charge in [-0.1, -0.05) is 66.7 Å². The number of rotatable bonds is 3. The van der Waals surface area contributed by atoms with E-state index in [1.807, 2.05) is 24.3 Å². The minimum atomic E-state index is 0.614. The van der Waals surface area contributed by atoms with Gasteiger partial charge in [0.1, 0.15) is 11.2 Å². The molecule has 3 aromatic heterocycles. The zero-order chi connectivity index (χ0) is 26.6. The van der Waals surface area contributed by atoms with Crippen molar-refractivity contribution in [3.63, 3.8) is 0 Å². The molecule has 0 atom stereocenters. The van der Waals surface area contributed by atoms with Crippen molar-refractivity contribution in [2.45, 2.75) is 0 Å². The van der Waals surface area contributed by atoms with Crippen molar-refractivity contribution in [2.24, 2.45) is 0 Å². The van der Waals surface area contributed by atoms with Crippen molar-refractivity contribution in [3.8, 4) is 34.0 Å². The second kappa shape index (κ2) is 8.69. The highest BCUT2D eigenvalue weighted by Crippen LogP contribution is 2.39. The summed E-state index contributed by atoms with van der Waals surface area (Å²) in [6.07, 6.45) is 3.41. The number of furan rings is 1. The van der Waals surface area contributed by atoms with Gasteiger partial charge >= 0.3 is 0 Å². The molecule has 186 valence electrons. The first-order valence-electron chi connectivity index (χ1n) is 13.2. The Kier molecular flexibility index (Phi) is 4.85. The first kappa shape index (κ1) is 22.3. The molecule has 8 aromatic rings. The summed E-state index contributed by atoms with van der Waals surface area (Å²) in [5.41, 5.74) is 9.69. The average molecular weight is 512 g/mol. The van der Waals surface area contributed by atoms with Crippen LogP contribution in [0, 0.1) is 11.3 Å². The highest BCUT2D eigenvalue weighted by Gasteiger charge is 2.16. The van der Waals surface area contributed by atoms with E-state index in [9.17, 15) is 5.26 Å². The van der Waals surface area contributed by atoms with Gasteiger partial charge in [-0.2, -0.15) is 5.26 Å². The van der Waals surface area contributed by atoms with Crippen molar-refractivity contribution in [3.05, 3.63) is 133 Å². The van der Waals surface area contributed by atoms with Crippen LogP contribution in [0.5, 0.6) is 0 Å². The van der Waals surface area contributed by atoms with Crippen molar-refractivity contribution in [2.75, 3.05) is 0 Å². The summed E-state index contributed by atoms with van der Waals surface area (Å²) in [7, 11) is 0. The first-order valence-corrected chi connectivity index (χ1v) is 13.2. The first-order chi connectivity index (χ1) is 19.8. The summed E-state index contributed by atoms with van der Waals surface area (Å²) in [4.78, 5) is 4.25. The molecule has 0 aliphatic carbocycles. The topological polar surface area (TPSA) is 54.8 Å². The smallest absolute Gasteiger partial charge is 0.137 e. The number of aromatic nitrogens is 2. The third-order valence-corrected chi connectivity index (χ3v) is 7.72. The lowest BCUT2D eigenvalue weighted by molar-refractivity contribution is 0.669. The third-order valence-electron chi connectivity index (χ3n) is 7.72. The highest BCUT2D eigenvalue weighted by molar-refractivity contribution is 6.17. The van der Waals surface area contributed by atoms with Crippen LogP contribution in [-0.4, -0.2) is 9.55 Å². The maximum absolute atomic E-state index is 9.60. The Morgan fingerprint density at radius 2 is 1.38 bits per heavy atom. The van der Waals surface area contributed by atoms with Gasteiger partial charge in [0.25, 0.3) is 0 Å². The van der Waals surface area contributed by atoms with Gasteiger partial charge in [0.15, 0.2) is 0 Å². The van der Waals surface area contributed by atoms with Crippen LogP contribution in [0.1, 0.15) is 5.56 Å². The highest BCUT2D eigenvalue weighted by atomic mass is 16.3. The largest absolute Gasteiger partial charge is 0.456 e. The number of nitriles is 1. The second-order valence-electron chi connectivity index (χ2n) is 9.98. The van der Waals surface area contributed by atoms with E-state index in [4.69, 9.17) is 4.42 Å². The number of fused-ring (bicyclic) bond motifs is 6. The molecule has 4 heteroatoms. The summed E-state index contributed by atoms with van der Waals surface area (Å²) in [5, 5.41) is 14.3. The zero-order valence-electron chi connectivity index (χ0n) is 21.4. The Morgan fingerprint density at radius 3 is 2.27 bits per heavy atom. The number of para-hydroxylation sites is 2. The molecular weight excluding hydrogens is 490 g/mol. The number of nitrogens with zero attached hydrogens (tertiary/aromatic N) is 3. The molecule has 5 aromatic carbocycles. The van der Waals surface area contributed by atoms with E-state index in [0.717, 1.165) is 60.9 Å². The monoisotopic (exact) mass is 511 g/mol. The van der Waals surface area contributed by atoms with Gasteiger partial charge in [0, 0.05) is 51.3 Å². The predicted octanol–water partition coefficient (Wildman–Crippen LogP) is 9.28. The quantitative estimate of drug-likeness (QED) is 0.237. The Labute approximate surface area is 230 Å². The van der Waals surface area contributed by atoms with Crippen LogP contribution in [0.15, 0.2) is 132 Å².